The Balaban J connectivity index is 1.42. The van der Waals surface area contributed by atoms with Gasteiger partial charge in [0.15, 0.2) is 0 Å². The molecule has 0 bridgehead atoms. The molecule has 2 N–H and O–H groups in total. The second-order valence-corrected chi connectivity index (χ2v) is 9.30. The fourth-order valence-corrected chi connectivity index (χ4v) is 4.26. The van der Waals surface area contributed by atoms with Gasteiger partial charge in [0, 0.05) is 28.5 Å². The lowest BCUT2D eigenvalue weighted by Gasteiger charge is -2.14. The summed E-state index contributed by atoms with van der Waals surface area (Å²) in [6, 6.07) is 17.5. The van der Waals surface area contributed by atoms with Crippen LogP contribution in [0.25, 0.3) is 22.0 Å². The van der Waals surface area contributed by atoms with Gasteiger partial charge in [0.05, 0.1) is 23.0 Å². The van der Waals surface area contributed by atoms with Crippen molar-refractivity contribution >= 4 is 34.1 Å². The SMILES string of the molecule is Cc1ccc(Nc2ncc3cc(-c4cc(NC(=O)c5cccc(C(F)(F)F)c5)ccc4C)cc(C)c3n2)cn1. The third-order valence-corrected chi connectivity index (χ3v) is 6.30. The van der Waals surface area contributed by atoms with E-state index >= 15 is 0 Å². The van der Waals surface area contributed by atoms with Crippen molar-refractivity contribution in [2.24, 2.45) is 0 Å². The first-order chi connectivity index (χ1) is 18.6. The third kappa shape index (κ3) is 5.72. The van der Waals surface area contributed by atoms with Gasteiger partial charge in [0.25, 0.3) is 5.91 Å². The number of aryl methyl sites for hydroxylation is 3. The Bertz CT molecular complexity index is 1700. The summed E-state index contributed by atoms with van der Waals surface area (Å²) in [5, 5.41) is 6.73. The number of carbonyl (C=O) groups is 1. The second kappa shape index (κ2) is 10.2. The highest BCUT2D eigenvalue weighted by molar-refractivity contribution is 6.04. The highest BCUT2D eigenvalue weighted by atomic mass is 19.4. The minimum absolute atomic E-state index is 0.0727. The van der Waals surface area contributed by atoms with E-state index in [0.29, 0.717) is 11.6 Å². The number of amides is 1. The van der Waals surface area contributed by atoms with Crippen LogP contribution in [0.3, 0.4) is 0 Å². The first-order valence-corrected chi connectivity index (χ1v) is 12.1. The molecule has 1 amide bonds. The van der Waals surface area contributed by atoms with Crippen LogP contribution < -0.4 is 10.6 Å². The Morgan fingerprint density at radius 3 is 2.36 bits per heavy atom. The maximum Gasteiger partial charge on any atom is 0.416 e. The number of nitrogens with zero attached hydrogens (tertiary/aromatic N) is 3. The first-order valence-electron chi connectivity index (χ1n) is 12.1. The molecule has 9 heteroatoms. The molecule has 0 aliphatic heterocycles. The van der Waals surface area contributed by atoms with E-state index in [9.17, 15) is 18.0 Å². The number of anilines is 3. The first kappa shape index (κ1) is 25.8. The molecule has 0 fully saturated rings. The van der Waals surface area contributed by atoms with Crippen LogP contribution in [0.15, 0.2) is 79.1 Å². The fourth-order valence-electron chi connectivity index (χ4n) is 4.26. The number of carbonyl (C=O) groups excluding carboxylic acids is 1. The monoisotopic (exact) mass is 527 g/mol. The molecule has 196 valence electrons. The van der Waals surface area contributed by atoms with E-state index in [4.69, 9.17) is 0 Å². The topological polar surface area (TPSA) is 79.8 Å². The fraction of sp³-hybridized carbons (Fsp3) is 0.133. The van der Waals surface area contributed by atoms with Crippen molar-refractivity contribution in [3.05, 3.63) is 107 Å². The molecule has 0 aliphatic carbocycles. The molecule has 0 saturated carbocycles. The molecular weight excluding hydrogens is 503 g/mol. The number of aromatic nitrogens is 3. The van der Waals surface area contributed by atoms with E-state index in [1.807, 2.05) is 57.2 Å². The normalized spacial score (nSPS) is 11.4. The molecule has 3 aromatic carbocycles. The van der Waals surface area contributed by atoms with E-state index < -0.39 is 17.6 Å². The lowest BCUT2D eigenvalue weighted by molar-refractivity contribution is -0.137. The van der Waals surface area contributed by atoms with Gasteiger partial charge in [-0.3, -0.25) is 9.78 Å². The zero-order valence-electron chi connectivity index (χ0n) is 21.4. The summed E-state index contributed by atoms with van der Waals surface area (Å²) in [5.41, 5.74) is 5.70. The molecule has 5 aromatic rings. The number of alkyl halides is 3. The smallest absolute Gasteiger partial charge is 0.323 e. The third-order valence-electron chi connectivity index (χ3n) is 6.30. The molecule has 0 spiro atoms. The standard InChI is InChI=1S/C30H24F3N5O/c1-17-7-9-24(36-28(39)20-5-4-6-23(13-20)30(31,32)33)14-26(17)21-11-18(2)27-22(12-21)15-35-29(38-27)37-25-10-8-19(3)34-16-25/h4-16H,1-3H3,(H,36,39)(H,35,37,38). The van der Waals surface area contributed by atoms with Gasteiger partial charge in [-0.25, -0.2) is 9.97 Å². The Morgan fingerprint density at radius 1 is 0.821 bits per heavy atom. The summed E-state index contributed by atoms with van der Waals surface area (Å²) in [5.74, 6) is -0.165. The van der Waals surface area contributed by atoms with Gasteiger partial charge in [0.2, 0.25) is 5.95 Å². The largest absolute Gasteiger partial charge is 0.416 e. The molecule has 2 heterocycles. The van der Waals surface area contributed by atoms with Crippen LogP contribution in [-0.2, 0) is 6.18 Å². The van der Waals surface area contributed by atoms with Crippen molar-refractivity contribution in [2.75, 3.05) is 10.6 Å². The van der Waals surface area contributed by atoms with Gasteiger partial charge in [-0.15, -0.1) is 0 Å². The Kier molecular flexibility index (Phi) is 6.74. The van der Waals surface area contributed by atoms with Crippen LogP contribution in [0.1, 0.15) is 32.7 Å². The summed E-state index contributed by atoms with van der Waals surface area (Å²) in [6.07, 6.45) is -1.06. The Hall–Kier alpha value is -4.79. The minimum Gasteiger partial charge on any atom is -0.323 e. The number of pyridine rings is 1. The van der Waals surface area contributed by atoms with Crippen LogP contribution in [-0.4, -0.2) is 20.9 Å². The Morgan fingerprint density at radius 2 is 1.62 bits per heavy atom. The highest BCUT2D eigenvalue weighted by Crippen LogP contribution is 2.32. The molecule has 0 unspecified atom stereocenters. The summed E-state index contributed by atoms with van der Waals surface area (Å²) in [4.78, 5) is 26.1. The quantitative estimate of drug-likeness (QED) is 0.246. The number of hydrogen-bond acceptors (Lipinski definition) is 5. The van der Waals surface area contributed by atoms with Crippen LogP contribution >= 0.6 is 0 Å². The molecule has 6 nitrogen and oxygen atoms in total. The molecule has 2 aromatic heterocycles. The summed E-state index contributed by atoms with van der Waals surface area (Å²) in [7, 11) is 0. The molecule has 5 rings (SSSR count). The van der Waals surface area contributed by atoms with Crippen LogP contribution in [0.4, 0.5) is 30.5 Å². The average molecular weight is 528 g/mol. The van der Waals surface area contributed by atoms with Gasteiger partial charge in [-0.2, -0.15) is 13.2 Å². The maximum atomic E-state index is 13.1. The van der Waals surface area contributed by atoms with Gasteiger partial charge >= 0.3 is 6.18 Å². The number of hydrogen-bond donors (Lipinski definition) is 2. The van der Waals surface area contributed by atoms with E-state index in [0.717, 1.165) is 56.7 Å². The van der Waals surface area contributed by atoms with Crippen LogP contribution in [0, 0.1) is 20.8 Å². The highest BCUT2D eigenvalue weighted by Gasteiger charge is 2.30. The lowest BCUT2D eigenvalue weighted by Crippen LogP contribution is -2.14. The van der Waals surface area contributed by atoms with Crippen LogP contribution in [0.5, 0.6) is 0 Å². The zero-order chi connectivity index (χ0) is 27.7. The number of halogens is 3. The summed E-state index contributed by atoms with van der Waals surface area (Å²) < 4.78 is 39.2. The number of fused-ring (bicyclic) bond motifs is 1. The maximum absolute atomic E-state index is 13.1. The molecule has 39 heavy (non-hydrogen) atoms. The zero-order valence-corrected chi connectivity index (χ0v) is 21.4. The van der Waals surface area contributed by atoms with Crippen molar-refractivity contribution in [3.63, 3.8) is 0 Å². The predicted octanol–water partition coefficient (Wildman–Crippen LogP) is 7.63. The van der Waals surface area contributed by atoms with Gasteiger partial charge in [-0.05, 0) is 97.6 Å². The van der Waals surface area contributed by atoms with Crippen molar-refractivity contribution in [2.45, 2.75) is 26.9 Å². The number of nitrogens with one attached hydrogen (secondary N) is 2. The van der Waals surface area contributed by atoms with Gasteiger partial charge in [-0.1, -0.05) is 12.1 Å². The van der Waals surface area contributed by atoms with Crippen molar-refractivity contribution in [1.82, 2.24) is 15.0 Å². The Labute approximate surface area is 223 Å². The molecule has 0 atom stereocenters. The minimum atomic E-state index is -4.53. The van der Waals surface area contributed by atoms with Crippen molar-refractivity contribution in [1.29, 1.82) is 0 Å². The van der Waals surface area contributed by atoms with Gasteiger partial charge < -0.3 is 10.6 Å². The van der Waals surface area contributed by atoms with E-state index in [2.05, 4.69) is 25.6 Å². The van der Waals surface area contributed by atoms with Crippen molar-refractivity contribution in [3.8, 4) is 11.1 Å². The van der Waals surface area contributed by atoms with Gasteiger partial charge in [0.1, 0.15) is 0 Å². The molecular formula is C30H24F3N5O. The lowest BCUT2D eigenvalue weighted by atomic mass is 9.96. The van der Waals surface area contributed by atoms with E-state index in [1.165, 1.54) is 12.1 Å². The average Bonchev–Trinajstić information content (AvgIpc) is 2.91. The summed E-state index contributed by atoms with van der Waals surface area (Å²) in [6.45, 7) is 5.83. The second-order valence-electron chi connectivity index (χ2n) is 9.30. The van der Waals surface area contributed by atoms with E-state index in [1.54, 1.807) is 18.5 Å². The molecule has 0 aliphatic rings. The summed E-state index contributed by atoms with van der Waals surface area (Å²) >= 11 is 0. The van der Waals surface area contributed by atoms with Crippen molar-refractivity contribution < 1.29 is 18.0 Å². The number of benzene rings is 3. The molecule has 0 saturated heterocycles. The van der Waals surface area contributed by atoms with Crippen LogP contribution in [0.2, 0.25) is 0 Å². The predicted molar refractivity (Wildman–Crippen MR) is 146 cm³/mol. The number of rotatable bonds is 5. The van der Waals surface area contributed by atoms with E-state index in [-0.39, 0.29) is 5.56 Å². The molecule has 0 radical (unpaired) electrons.